The molecule has 1 saturated heterocycles. The fourth-order valence-corrected chi connectivity index (χ4v) is 3.75. The second kappa shape index (κ2) is 7.44. The number of carbonyl (C=O) groups excluding carboxylic acids is 1. The van der Waals surface area contributed by atoms with Gasteiger partial charge in [-0.3, -0.25) is 9.36 Å². The molecule has 1 aliphatic heterocycles. The monoisotopic (exact) mass is 366 g/mol. The number of aromatic nitrogens is 3. The first-order chi connectivity index (χ1) is 11.6. The molecule has 3 rings (SSSR count). The normalized spacial score (nSPS) is 15.5. The van der Waals surface area contributed by atoms with Gasteiger partial charge in [0.2, 0.25) is 5.95 Å². The second-order valence-corrected chi connectivity index (χ2v) is 7.32. The molecular weight excluding hydrogens is 348 g/mol. The van der Waals surface area contributed by atoms with Crippen LogP contribution < -0.4 is 4.90 Å². The molecule has 24 heavy (non-hydrogen) atoms. The van der Waals surface area contributed by atoms with Gasteiger partial charge in [-0.2, -0.15) is 0 Å². The Morgan fingerprint density at radius 2 is 2.08 bits per heavy atom. The van der Waals surface area contributed by atoms with E-state index in [9.17, 15) is 4.79 Å². The van der Waals surface area contributed by atoms with E-state index in [4.69, 9.17) is 16.3 Å². The summed E-state index contributed by atoms with van der Waals surface area (Å²) in [5.41, 5.74) is 0.883. The van der Waals surface area contributed by atoms with Crippen LogP contribution in [0.25, 0.3) is 5.69 Å². The summed E-state index contributed by atoms with van der Waals surface area (Å²) in [6.07, 6.45) is 2.28. The topological polar surface area (TPSA) is 60.2 Å². The summed E-state index contributed by atoms with van der Waals surface area (Å²) >= 11 is 7.48. The Hall–Kier alpha value is -1.73. The minimum Gasteiger partial charge on any atom is -0.468 e. The zero-order valence-corrected chi connectivity index (χ0v) is 15.2. The van der Waals surface area contributed by atoms with Gasteiger partial charge in [-0.05, 0) is 38.0 Å². The number of benzene rings is 1. The van der Waals surface area contributed by atoms with Crippen LogP contribution in [-0.2, 0) is 9.53 Å². The van der Waals surface area contributed by atoms with Crippen LogP contribution in [0, 0.1) is 0 Å². The molecule has 6 nitrogen and oxygen atoms in total. The number of rotatable bonds is 5. The third-order valence-electron chi connectivity index (χ3n) is 3.89. The Kier molecular flexibility index (Phi) is 5.30. The van der Waals surface area contributed by atoms with E-state index >= 15 is 0 Å². The van der Waals surface area contributed by atoms with E-state index in [1.165, 1.54) is 18.9 Å². The summed E-state index contributed by atoms with van der Waals surface area (Å²) in [5, 5.41) is 9.59. The van der Waals surface area contributed by atoms with Crippen LogP contribution in [0.3, 0.4) is 0 Å². The minimum absolute atomic E-state index is 0.289. The Morgan fingerprint density at radius 3 is 2.75 bits per heavy atom. The summed E-state index contributed by atoms with van der Waals surface area (Å²) in [6.45, 7) is 3.70. The number of halogens is 1. The highest BCUT2D eigenvalue weighted by atomic mass is 35.5. The van der Waals surface area contributed by atoms with E-state index < -0.39 is 0 Å². The van der Waals surface area contributed by atoms with Gasteiger partial charge >= 0.3 is 5.97 Å². The molecule has 2 heterocycles. The van der Waals surface area contributed by atoms with E-state index in [0.717, 1.165) is 37.6 Å². The van der Waals surface area contributed by atoms with E-state index in [1.54, 1.807) is 6.92 Å². The summed E-state index contributed by atoms with van der Waals surface area (Å²) in [5.74, 6) is 0.498. The lowest BCUT2D eigenvalue weighted by molar-refractivity contribution is -0.139. The predicted molar refractivity (Wildman–Crippen MR) is 95.2 cm³/mol. The predicted octanol–water partition coefficient (Wildman–Crippen LogP) is 3.17. The zero-order chi connectivity index (χ0) is 17.1. The number of hydrogen-bond donors (Lipinski definition) is 0. The van der Waals surface area contributed by atoms with Crippen LogP contribution in [0.2, 0.25) is 5.02 Å². The average molecular weight is 367 g/mol. The number of carbonyl (C=O) groups is 1. The van der Waals surface area contributed by atoms with Gasteiger partial charge in [-0.1, -0.05) is 29.4 Å². The quantitative estimate of drug-likeness (QED) is 0.598. The highest BCUT2D eigenvalue weighted by Gasteiger charge is 2.25. The summed E-state index contributed by atoms with van der Waals surface area (Å²) in [7, 11) is 1.39. The van der Waals surface area contributed by atoms with Gasteiger partial charge in [-0.15, -0.1) is 10.2 Å². The Balaban J connectivity index is 2.01. The molecule has 0 N–H and O–H groups in total. The zero-order valence-electron chi connectivity index (χ0n) is 13.6. The third-order valence-corrected chi connectivity index (χ3v) is 5.14. The van der Waals surface area contributed by atoms with Crippen molar-refractivity contribution in [2.45, 2.75) is 30.2 Å². The number of thioether (sulfide) groups is 1. The number of nitrogens with zero attached hydrogens (tertiary/aromatic N) is 4. The van der Waals surface area contributed by atoms with E-state index in [0.29, 0.717) is 10.2 Å². The van der Waals surface area contributed by atoms with Crippen LogP contribution in [0.5, 0.6) is 0 Å². The van der Waals surface area contributed by atoms with Gasteiger partial charge in [0.05, 0.1) is 12.8 Å². The molecule has 0 radical (unpaired) electrons. The van der Waals surface area contributed by atoms with Gasteiger partial charge < -0.3 is 9.64 Å². The van der Waals surface area contributed by atoms with Gasteiger partial charge in [0.1, 0.15) is 5.25 Å². The van der Waals surface area contributed by atoms with Crippen LogP contribution >= 0.6 is 23.4 Å². The maximum atomic E-state index is 11.7. The molecule has 1 unspecified atom stereocenters. The van der Waals surface area contributed by atoms with Crippen molar-refractivity contribution >= 4 is 35.3 Å². The summed E-state index contributed by atoms with van der Waals surface area (Å²) in [4.78, 5) is 14.0. The van der Waals surface area contributed by atoms with Crippen molar-refractivity contribution in [3.05, 3.63) is 29.3 Å². The molecule has 128 valence electrons. The third kappa shape index (κ3) is 3.52. The number of hydrogen-bond acceptors (Lipinski definition) is 6. The fourth-order valence-electron chi connectivity index (χ4n) is 2.67. The van der Waals surface area contributed by atoms with Gasteiger partial charge in [0.15, 0.2) is 5.16 Å². The smallest absolute Gasteiger partial charge is 0.318 e. The van der Waals surface area contributed by atoms with Crippen LogP contribution in [0.15, 0.2) is 29.4 Å². The molecule has 1 aromatic heterocycles. The Labute approximate surface area is 150 Å². The van der Waals surface area contributed by atoms with Gasteiger partial charge in [0.25, 0.3) is 0 Å². The molecule has 0 aliphatic carbocycles. The largest absolute Gasteiger partial charge is 0.468 e. The lowest BCUT2D eigenvalue weighted by Gasteiger charge is -2.19. The van der Waals surface area contributed by atoms with Crippen molar-refractivity contribution in [2.75, 3.05) is 25.1 Å². The number of anilines is 1. The van der Waals surface area contributed by atoms with Crippen molar-refractivity contribution in [2.24, 2.45) is 0 Å². The first-order valence-corrected chi connectivity index (χ1v) is 9.06. The highest BCUT2D eigenvalue weighted by Crippen LogP contribution is 2.31. The van der Waals surface area contributed by atoms with Gasteiger partial charge in [-0.25, -0.2) is 0 Å². The molecule has 1 aliphatic rings. The molecule has 1 atom stereocenters. The molecule has 8 heteroatoms. The van der Waals surface area contributed by atoms with Crippen LogP contribution in [-0.4, -0.2) is 46.2 Å². The minimum atomic E-state index is -0.372. The molecular formula is C16H19ClN4O2S. The standard InChI is InChI=1S/C16H19ClN4O2S/c1-11(14(22)23-2)24-16-19-18-15(20-8-3-4-9-20)21(16)13-7-5-6-12(17)10-13/h5-7,10-11H,3-4,8-9H2,1-2H3. The second-order valence-electron chi connectivity index (χ2n) is 5.58. The molecule has 0 amide bonds. The summed E-state index contributed by atoms with van der Waals surface area (Å²) < 4.78 is 6.77. The summed E-state index contributed by atoms with van der Waals surface area (Å²) in [6, 6.07) is 7.55. The van der Waals surface area contributed by atoms with Crippen LogP contribution in [0.4, 0.5) is 5.95 Å². The average Bonchev–Trinajstić information content (AvgIpc) is 3.23. The van der Waals surface area contributed by atoms with Crippen molar-refractivity contribution in [1.29, 1.82) is 0 Å². The van der Waals surface area contributed by atoms with E-state index in [-0.39, 0.29) is 11.2 Å². The Morgan fingerprint density at radius 1 is 1.33 bits per heavy atom. The first kappa shape index (κ1) is 17.1. The van der Waals surface area contributed by atoms with Crippen molar-refractivity contribution in [3.8, 4) is 5.69 Å². The van der Waals surface area contributed by atoms with Crippen molar-refractivity contribution in [1.82, 2.24) is 14.8 Å². The van der Waals surface area contributed by atoms with Crippen molar-refractivity contribution < 1.29 is 9.53 Å². The molecule has 0 saturated carbocycles. The Bertz CT molecular complexity index is 731. The number of esters is 1. The highest BCUT2D eigenvalue weighted by molar-refractivity contribution is 8.00. The molecule has 2 aromatic rings. The van der Waals surface area contributed by atoms with Crippen LogP contribution in [0.1, 0.15) is 19.8 Å². The maximum Gasteiger partial charge on any atom is 0.318 e. The fraction of sp³-hybridized carbons (Fsp3) is 0.438. The van der Waals surface area contributed by atoms with Gasteiger partial charge in [0, 0.05) is 18.1 Å². The number of methoxy groups -OCH3 is 1. The molecule has 1 fully saturated rings. The first-order valence-electron chi connectivity index (χ1n) is 7.81. The van der Waals surface area contributed by atoms with E-state index in [2.05, 4.69) is 15.1 Å². The maximum absolute atomic E-state index is 11.7. The molecule has 1 aromatic carbocycles. The number of ether oxygens (including phenoxy) is 1. The van der Waals surface area contributed by atoms with E-state index in [1.807, 2.05) is 28.8 Å². The lowest BCUT2D eigenvalue weighted by atomic mass is 10.3. The SMILES string of the molecule is COC(=O)C(C)Sc1nnc(N2CCCC2)n1-c1cccc(Cl)c1. The molecule has 0 bridgehead atoms. The molecule has 0 spiro atoms. The lowest BCUT2D eigenvalue weighted by Crippen LogP contribution is -2.22. The van der Waals surface area contributed by atoms with Crippen molar-refractivity contribution in [3.63, 3.8) is 0 Å².